The maximum absolute atomic E-state index is 12.2. The van der Waals surface area contributed by atoms with Gasteiger partial charge in [0.25, 0.3) is 0 Å². The van der Waals surface area contributed by atoms with Crippen LogP contribution in [0.5, 0.6) is 0 Å². The predicted molar refractivity (Wildman–Crippen MR) is 84.6 cm³/mol. The molecular formula is C13H25N3O2S2. The van der Waals surface area contributed by atoms with Crippen molar-refractivity contribution >= 4 is 21.4 Å². The molecule has 0 aliphatic carbocycles. The van der Waals surface area contributed by atoms with Crippen LogP contribution in [0.2, 0.25) is 0 Å². The van der Waals surface area contributed by atoms with Gasteiger partial charge in [0.2, 0.25) is 10.0 Å². The molecule has 0 bridgehead atoms. The molecule has 116 valence electrons. The summed E-state index contributed by atoms with van der Waals surface area (Å²) in [6.07, 6.45) is 3.74. The molecular weight excluding hydrogens is 294 g/mol. The van der Waals surface area contributed by atoms with Crippen LogP contribution in [0.1, 0.15) is 50.0 Å². The van der Waals surface area contributed by atoms with Crippen molar-refractivity contribution in [3.63, 3.8) is 0 Å². The van der Waals surface area contributed by atoms with Gasteiger partial charge in [-0.25, -0.2) is 18.1 Å². The maximum atomic E-state index is 12.2. The summed E-state index contributed by atoms with van der Waals surface area (Å²) in [6.45, 7) is 8.97. The van der Waals surface area contributed by atoms with Crippen LogP contribution in [0.25, 0.3) is 0 Å². The molecule has 0 radical (unpaired) electrons. The van der Waals surface area contributed by atoms with Crippen LogP contribution in [0.4, 0.5) is 0 Å². The summed E-state index contributed by atoms with van der Waals surface area (Å²) in [5.41, 5.74) is 0. The van der Waals surface area contributed by atoms with Crippen molar-refractivity contribution in [2.75, 3.05) is 13.1 Å². The third kappa shape index (κ3) is 5.12. The van der Waals surface area contributed by atoms with E-state index in [-0.39, 0.29) is 6.04 Å². The van der Waals surface area contributed by atoms with E-state index in [0.29, 0.717) is 6.54 Å². The summed E-state index contributed by atoms with van der Waals surface area (Å²) in [6, 6.07) is -0.279. The van der Waals surface area contributed by atoms with Gasteiger partial charge in [0.1, 0.15) is 5.01 Å². The smallest absolute Gasteiger partial charge is 0.216 e. The standard InChI is InChI=1S/C13H25N3O2S2/c1-5-7-14-8-10(3)20(17,18)16-11(4)13-15-9-12(6-2)19-13/h9-11,14,16H,5-8H2,1-4H3. The summed E-state index contributed by atoms with van der Waals surface area (Å²) < 4.78 is 27.1. The molecule has 0 spiro atoms. The highest BCUT2D eigenvalue weighted by molar-refractivity contribution is 7.90. The topological polar surface area (TPSA) is 71.1 Å². The van der Waals surface area contributed by atoms with Gasteiger partial charge in [-0.2, -0.15) is 0 Å². The Morgan fingerprint density at radius 2 is 2.05 bits per heavy atom. The maximum Gasteiger partial charge on any atom is 0.216 e. The van der Waals surface area contributed by atoms with Crippen molar-refractivity contribution in [3.05, 3.63) is 16.1 Å². The zero-order valence-electron chi connectivity index (χ0n) is 12.6. The van der Waals surface area contributed by atoms with E-state index in [0.717, 1.165) is 24.4 Å². The largest absolute Gasteiger partial charge is 0.315 e. The Hall–Kier alpha value is -0.500. The second-order valence-electron chi connectivity index (χ2n) is 4.92. The van der Waals surface area contributed by atoms with E-state index < -0.39 is 15.3 Å². The highest BCUT2D eigenvalue weighted by atomic mass is 32.2. The van der Waals surface area contributed by atoms with E-state index in [1.54, 1.807) is 18.3 Å². The minimum Gasteiger partial charge on any atom is -0.315 e. The van der Waals surface area contributed by atoms with Crippen LogP contribution in [0.15, 0.2) is 6.20 Å². The van der Waals surface area contributed by atoms with E-state index in [9.17, 15) is 8.42 Å². The molecule has 0 aromatic carbocycles. The fraction of sp³-hybridized carbons (Fsp3) is 0.769. The molecule has 2 unspecified atom stereocenters. The first-order chi connectivity index (χ1) is 9.40. The normalized spacial score (nSPS) is 15.2. The number of aryl methyl sites for hydroxylation is 1. The van der Waals surface area contributed by atoms with E-state index >= 15 is 0 Å². The highest BCUT2D eigenvalue weighted by Gasteiger charge is 2.24. The van der Waals surface area contributed by atoms with Gasteiger partial charge in [-0.15, -0.1) is 11.3 Å². The SMILES string of the molecule is CCCNCC(C)S(=O)(=O)NC(C)c1ncc(CC)s1. The Morgan fingerprint density at radius 3 is 2.60 bits per heavy atom. The summed E-state index contributed by atoms with van der Waals surface area (Å²) >= 11 is 1.56. The number of rotatable bonds is 9. The molecule has 2 N–H and O–H groups in total. The van der Waals surface area contributed by atoms with Gasteiger partial charge in [-0.05, 0) is 33.2 Å². The van der Waals surface area contributed by atoms with Crippen molar-refractivity contribution in [1.29, 1.82) is 0 Å². The number of thiazole rings is 1. The molecule has 0 aliphatic heterocycles. The quantitative estimate of drug-likeness (QED) is 0.684. The summed E-state index contributed by atoms with van der Waals surface area (Å²) in [5, 5.41) is 3.50. The Bertz CT molecular complexity index is 499. The van der Waals surface area contributed by atoms with Crippen molar-refractivity contribution < 1.29 is 8.42 Å². The third-order valence-electron chi connectivity index (χ3n) is 3.02. The molecule has 2 atom stereocenters. The van der Waals surface area contributed by atoms with E-state index in [1.807, 2.05) is 13.1 Å². The van der Waals surface area contributed by atoms with Crippen molar-refractivity contribution in [2.24, 2.45) is 0 Å². The van der Waals surface area contributed by atoms with Crippen molar-refractivity contribution in [1.82, 2.24) is 15.0 Å². The first-order valence-electron chi connectivity index (χ1n) is 7.07. The van der Waals surface area contributed by atoms with Gasteiger partial charge < -0.3 is 5.32 Å². The Morgan fingerprint density at radius 1 is 1.35 bits per heavy atom. The molecule has 7 heteroatoms. The van der Waals surface area contributed by atoms with Crippen LogP contribution in [0, 0.1) is 0 Å². The van der Waals surface area contributed by atoms with Gasteiger partial charge in [0, 0.05) is 17.6 Å². The van der Waals surface area contributed by atoms with E-state index in [1.165, 1.54) is 4.88 Å². The Balaban J connectivity index is 2.60. The molecule has 0 saturated heterocycles. The van der Waals surface area contributed by atoms with Crippen molar-refractivity contribution in [3.8, 4) is 0 Å². The third-order valence-corrected chi connectivity index (χ3v) is 6.25. The minimum absolute atomic E-state index is 0.279. The number of hydrogen-bond acceptors (Lipinski definition) is 5. The first-order valence-corrected chi connectivity index (χ1v) is 9.43. The van der Waals surface area contributed by atoms with Crippen LogP contribution in [-0.4, -0.2) is 31.7 Å². The molecule has 0 aliphatic rings. The molecule has 0 amide bonds. The number of aromatic nitrogens is 1. The zero-order chi connectivity index (χ0) is 15.2. The average molecular weight is 319 g/mol. The fourth-order valence-corrected chi connectivity index (χ4v) is 3.80. The first kappa shape index (κ1) is 17.6. The Labute approximate surface area is 126 Å². The van der Waals surface area contributed by atoms with E-state index in [2.05, 4.69) is 28.9 Å². The minimum atomic E-state index is -3.33. The molecule has 20 heavy (non-hydrogen) atoms. The molecule has 1 rings (SSSR count). The number of nitrogens with one attached hydrogen (secondary N) is 2. The van der Waals surface area contributed by atoms with Gasteiger partial charge in [-0.3, -0.25) is 0 Å². The van der Waals surface area contributed by atoms with Crippen LogP contribution in [0.3, 0.4) is 0 Å². The van der Waals surface area contributed by atoms with Gasteiger partial charge in [0.15, 0.2) is 0 Å². The van der Waals surface area contributed by atoms with E-state index in [4.69, 9.17) is 0 Å². The number of nitrogens with zero attached hydrogens (tertiary/aromatic N) is 1. The van der Waals surface area contributed by atoms with Crippen LogP contribution < -0.4 is 10.0 Å². The lowest BCUT2D eigenvalue weighted by Crippen LogP contribution is -2.40. The van der Waals surface area contributed by atoms with Crippen LogP contribution in [-0.2, 0) is 16.4 Å². The molecule has 1 aromatic rings. The molecule has 5 nitrogen and oxygen atoms in total. The second-order valence-corrected chi connectivity index (χ2v) is 8.19. The second kappa shape index (κ2) is 8.07. The predicted octanol–water partition coefficient (Wildman–Crippen LogP) is 2.07. The van der Waals surface area contributed by atoms with Gasteiger partial charge in [0.05, 0.1) is 11.3 Å². The number of sulfonamides is 1. The lowest BCUT2D eigenvalue weighted by molar-refractivity contribution is 0.544. The average Bonchev–Trinajstić information content (AvgIpc) is 2.87. The van der Waals surface area contributed by atoms with Gasteiger partial charge in [-0.1, -0.05) is 13.8 Å². The lowest BCUT2D eigenvalue weighted by Gasteiger charge is -2.17. The molecule has 0 saturated carbocycles. The van der Waals surface area contributed by atoms with Gasteiger partial charge >= 0.3 is 0 Å². The fourth-order valence-electron chi connectivity index (χ4n) is 1.69. The monoisotopic (exact) mass is 319 g/mol. The lowest BCUT2D eigenvalue weighted by atomic mass is 10.4. The molecule has 0 fully saturated rings. The summed E-state index contributed by atoms with van der Waals surface area (Å²) in [4.78, 5) is 5.45. The number of hydrogen-bond donors (Lipinski definition) is 2. The van der Waals surface area contributed by atoms with Crippen LogP contribution >= 0.6 is 11.3 Å². The highest BCUT2D eigenvalue weighted by Crippen LogP contribution is 2.21. The summed E-state index contributed by atoms with van der Waals surface area (Å²) in [7, 11) is -3.33. The summed E-state index contributed by atoms with van der Waals surface area (Å²) in [5.74, 6) is 0. The zero-order valence-corrected chi connectivity index (χ0v) is 14.3. The molecule has 1 aromatic heterocycles. The Kier molecular flexibility index (Phi) is 7.08. The van der Waals surface area contributed by atoms with Crippen molar-refractivity contribution in [2.45, 2.75) is 51.8 Å². The molecule has 1 heterocycles.